The summed E-state index contributed by atoms with van der Waals surface area (Å²) in [4.78, 5) is 32.5. The maximum absolute atomic E-state index is 11.8. The van der Waals surface area contributed by atoms with Gasteiger partial charge in [0.25, 0.3) is 0 Å². The van der Waals surface area contributed by atoms with Crippen LogP contribution in [0, 0.1) is 6.92 Å². The number of aryl methyl sites for hydroxylation is 1. The number of amides is 2. The van der Waals surface area contributed by atoms with Crippen LogP contribution >= 0.6 is 0 Å². The SMILES string of the molecule is CC(=O)NCC(=O)N1CC[C@H](Oc2ccnc(C)n2)C1. The van der Waals surface area contributed by atoms with Crippen LogP contribution in [0.1, 0.15) is 19.2 Å². The molecule has 1 saturated heterocycles. The maximum atomic E-state index is 11.8. The number of rotatable bonds is 4. The van der Waals surface area contributed by atoms with Crippen LogP contribution in [0.15, 0.2) is 12.3 Å². The quantitative estimate of drug-likeness (QED) is 0.831. The Morgan fingerprint density at radius 2 is 2.35 bits per heavy atom. The van der Waals surface area contributed by atoms with Gasteiger partial charge in [-0.1, -0.05) is 0 Å². The molecule has 0 unspecified atom stereocenters. The molecule has 0 bridgehead atoms. The van der Waals surface area contributed by atoms with E-state index in [-0.39, 0.29) is 24.5 Å². The van der Waals surface area contributed by atoms with Crippen molar-refractivity contribution in [2.45, 2.75) is 26.4 Å². The second-order valence-electron chi connectivity index (χ2n) is 4.72. The predicted molar refractivity (Wildman–Crippen MR) is 71.1 cm³/mol. The number of nitrogens with one attached hydrogen (secondary N) is 1. The fraction of sp³-hybridized carbons (Fsp3) is 0.538. The fourth-order valence-electron chi connectivity index (χ4n) is 2.03. The van der Waals surface area contributed by atoms with E-state index in [4.69, 9.17) is 4.74 Å². The Balaban J connectivity index is 1.83. The summed E-state index contributed by atoms with van der Waals surface area (Å²) in [6, 6.07) is 1.70. The third-order valence-corrected chi connectivity index (χ3v) is 3.02. The highest BCUT2D eigenvalue weighted by atomic mass is 16.5. The largest absolute Gasteiger partial charge is 0.472 e. The minimum Gasteiger partial charge on any atom is -0.472 e. The number of carbonyl (C=O) groups is 2. The Hall–Kier alpha value is -2.18. The second kappa shape index (κ2) is 6.31. The first-order valence-corrected chi connectivity index (χ1v) is 6.53. The highest BCUT2D eigenvalue weighted by Crippen LogP contribution is 2.16. The lowest BCUT2D eigenvalue weighted by molar-refractivity contribution is -0.131. The third-order valence-electron chi connectivity index (χ3n) is 3.02. The normalized spacial score (nSPS) is 17.9. The predicted octanol–water partition coefficient (Wildman–Crippen LogP) is -0.0992. The van der Waals surface area contributed by atoms with E-state index in [2.05, 4.69) is 15.3 Å². The smallest absolute Gasteiger partial charge is 0.242 e. The molecule has 108 valence electrons. The first-order valence-electron chi connectivity index (χ1n) is 6.53. The molecule has 1 atom stereocenters. The molecule has 2 rings (SSSR count). The summed E-state index contributed by atoms with van der Waals surface area (Å²) in [6.07, 6.45) is 2.34. The van der Waals surface area contributed by atoms with Crippen molar-refractivity contribution in [1.82, 2.24) is 20.2 Å². The zero-order chi connectivity index (χ0) is 14.5. The summed E-state index contributed by atoms with van der Waals surface area (Å²) in [6.45, 7) is 4.37. The zero-order valence-electron chi connectivity index (χ0n) is 11.6. The van der Waals surface area contributed by atoms with E-state index in [1.165, 1.54) is 6.92 Å². The van der Waals surface area contributed by atoms with Gasteiger partial charge in [-0.25, -0.2) is 4.98 Å². The van der Waals surface area contributed by atoms with Crippen molar-refractivity contribution >= 4 is 11.8 Å². The third kappa shape index (κ3) is 3.91. The Morgan fingerprint density at radius 1 is 1.55 bits per heavy atom. The molecule has 0 aliphatic carbocycles. The Bertz CT molecular complexity index is 506. The van der Waals surface area contributed by atoms with E-state index in [9.17, 15) is 9.59 Å². The second-order valence-corrected chi connectivity index (χ2v) is 4.72. The fourth-order valence-corrected chi connectivity index (χ4v) is 2.03. The number of ether oxygens (including phenoxy) is 1. The highest BCUT2D eigenvalue weighted by molar-refractivity contribution is 5.83. The van der Waals surface area contributed by atoms with E-state index in [1.54, 1.807) is 24.1 Å². The van der Waals surface area contributed by atoms with Crippen molar-refractivity contribution in [2.24, 2.45) is 0 Å². The number of nitrogens with zero attached hydrogens (tertiary/aromatic N) is 3. The highest BCUT2D eigenvalue weighted by Gasteiger charge is 2.27. The van der Waals surface area contributed by atoms with Crippen molar-refractivity contribution < 1.29 is 14.3 Å². The first kappa shape index (κ1) is 14.2. The number of likely N-dealkylation sites (tertiary alicyclic amines) is 1. The molecule has 1 N–H and O–H groups in total. The van der Waals surface area contributed by atoms with Crippen molar-refractivity contribution in [2.75, 3.05) is 19.6 Å². The molecular weight excluding hydrogens is 260 g/mol. The van der Waals surface area contributed by atoms with Gasteiger partial charge in [0, 0.05) is 32.2 Å². The molecule has 2 heterocycles. The average molecular weight is 278 g/mol. The Labute approximate surface area is 117 Å². The summed E-state index contributed by atoms with van der Waals surface area (Å²) in [5.74, 6) is 0.879. The molecule has 0 saturated carbocycles. The lowest BCUT2D eigenvalue weighted by Crippen LogP contribution is -2.39. The summed E-state index contributed by atoms with van der Waals surface area (Å²) in [5.41, 5.74) is 0. The van der Waals surface area contributed by atoms with Gasteiger partial charge in [-0.05, 0) is 6.92 Å². The van der Waals surface area contributed by atoms with Gasteiger partial charge in [-0.15, -0.1) is 0 Å². The summed E-state index contributed by atoms with van der Waals surface area (Å²) in [5, 5.41) is 2.50. The first-order chi connectivity index (χ1) is 9.54. The van der Waals surface area contributed by atoms with Crippen LogP contribution in [0.3, 0.4) is 0 Å². The Morgan fingerprint density at radius 3 is 3.05 bits per heavy atom. The topological polar surface area (TPSA) is 84.4 Å². The number of hydrogen-bond acceptors (Lipinski definition) is 5. The van der Waals surface area contributed by atoms with Gasteiger partial charge in [-0.3, -0.25) is 9.59 Å². The zero-order valence-corrected chi connectivity index (χ0v) is 11.6. The maximum Gasteiger partial charge on any atom is 0.242 e. The number of aromatic nitrogens is 2. The Kier molecular flexibility index (Phi) is 4.49. The van der Waals surface area contributed by atoms with Crippen molar-refractivity contribution in [3.05, 3.63) is 18.1 Å². The van der Waals surface area contributed by atoms with E-state index >= 15 is 0 Å². The van der Waals surface area contributed by atoms with Gasteiger partial charge in [-0.2, -0.15) is 4.98 Å². The van der Waals surface area contributed by atoms with Crippen molar-refractivity contribution in [3.63, 3.8) is 0 Å². The molecule has 0 aromatic carbocycles. The van der Waals surface area contributed by atoms with Gasteiger partial charge in [0.15, 0.2) is 0 Å². The van der Waals surface area contributed by atoms with Crippen LogP contribution in [-0.4, -0.2) is 52.4 Å². The lowest BCUT2D eigenvalue weighted by atomic mass is 10.3. The van der Waals surface area contributed by atoms with Crippen LogP contribution in [0.2, 0.25) is 0 Å². The van der Waals surface area contributed by atoms with Crippen LogP contribution in [-0.2, 0) is 9.59 Å². The minimum absolute atomic E-state index is 0.0364. The van der Waals surface area contributed by atoms with Crippen molar-refractivity contribution in [1.29, 1.82) is 0 Å². The van der Waals surface area contributed by atoms with Gasteiger partial charge in [0.2, 0.25) is 17.7 Å². The van der Waals surface area contributed by atoms with Crippen LogP contribution in [0.25, 0.3) is 0 Å². The number of hydrogen-bond donors (Lipinski definition) is 1. The van der Waals surface area contributed by atoms with Gasteiger partial charge in [0.05, 0.1) is 13.1 Å². The molecular formula is C13H18N4O3. The molecule has 1 aliphatic rings. The van der Waals surface area contributed by atoms with E-state index < -0.39 is 0 Å². The summed E-state index contributed by atoms with van der Waals surface area (Å²) >= 11 is 0. The average Bonchev–Trinajstić information content (AvgIpc) is 2.84. The van der Waals surface area contributed by atoms with E-state index in [0.717, 1.165) is 6.42 Å². The molecule has 0 spiro atoms. The summed E-state index contributed by atoms with van der Waals surface area (Å²) in [7, 11) is 0. The van der Waals surface area contributed by atoms with Gasteiger partial charge in [0.1, 0.15) is 11.9 Å². The molecule has 7 heteroatoms. The molecule has 0 radical (unpaired) electrons. The van der Waals surface area contributed by atoms with E-state index in [0.29, 0.717) is 24.8 Å². The van der Waals surface area contributed by atoms with Gasteiger partial charge < -0.3 is 15.0 Å². The molecule has 7 nitrogen and oxygen atoms in total. The standard InChI is InChI=1S/C13H18N4O3/c1-9-14-5-3-12(16-9)20-11-4-6-17(8-11)13(19)7-15-10(2)18/h3,5,11H,4,6-8H2,1-2H3,(H,15,18)/t11-/m0/s1. The van der Waals surface area contributed by atoms with Crippen molar-refractivity contribution in [3.8, 4) is 5.88 Å². The van der Waals surface area contributed by atoms with Crippen LogP contribution < -0.4 is 10.1 Å². The minimum atomic E-state index is -0.207. The van der Waals surface area contributed by atoms with Crippen LogP contribution in [0.5, 0.6) is 5.88 Å². The van der Waals surface area contributed by atoms with Crippen LogP contribution in [0.4, 0.5) is 0 Å². The molecule has 2 amide bonds. The monoisotopic (exact) mass is 278 g/mol. The molecule has 1 fully saturated rings. The van der Waals surface area contributed by atoms with E-state index in [1.807, 2.05) is 0 Å². The number of carbonyl (C=O) groups excluding carboxylic acids is 2. The molecule has 1 aromatic heterocycles. The lowest BCUT2D eigenvalue weighted by Gasteiger charge is -2.17. The summed E-state index contributed by atoms with van der Waals surface area (Å²) < 4.78 is 5.73. The van der Waals surface area contributed by atoms with Gasteiger partial charge >= 0.3 is 0 Å². The molecule has 20 heavy (non-hydrogen) atoms. The molecule has 1 aliphatic heterocycles. The molecule has 1 aromatic rings.